The zero-order chi connectivity index (χ0) is 14.3. The first-order valence-corrected chi connectivity index (χ1v) is 7.66. The third-order valence-electron chi connectivity index (χ3n) is 4.11. The number of unbranched alkanes of at least 4 members (excludes halogenated alkanes) is 2. The number of ether oxygens (including phenoxy) is 1. The third-order valence-corrected chi connectivity index (χ3v) is 4.11. The molecule has 1 amide bonds. The fourth-order valence-electron chi connectivity index (χ4n) is 2.68. The Morgan fingerprint density at radius 2 is 2.05 bits per heavy atom. The smallest absolute Gasteiger partial charge is 0.243 e. The lowest BCUT2D eigenvalue weighted by Crippen LogP contribution is -2.43. The second kappa shape index (κ2) is 7.85. The highest BCUT2D eigenvalue weighted by Crippen LogP contribution is 2.26. The maximum absolute atomic E-state index is 12.5. The quantitative estimate of drug-likeness (QED) is 0.655. The molecule has 0 aromatic carbocycles. The molecule has 0 spiro atoms. The van der Waals surface area contributed by atoms with Crippen molar-refractivity contribution in [3.63, 3.8) is 0 Å². The van der Waals surface area contributed by atoms with Gasteiger partial charge in [0.25, 0.3) is 0 Å². The number of rotatable bonds is 9. The average molecular weight is 270 g/mol. The highest BCUT2D eigenvalue weighted by atomic mass is 16.5. The number of carbonyl (C=O) groups is 1. The minimum Gasteiger partial charge on any atom is -0.385 e. The Morgan fingerprint density at radius 3 is 2.63 bits per heavy atom. The van der Waals surface area contributed by atoms with Gasteiger partial charge >= 0.3 is 0 Å². The molecule has 1 saturated heterocycles. The summed E-state index contributed by atoms with van der Waals surface area (Å²) in [5.41, 5.74) is -0.355. The highest BCUT2D eigenvalue weighted by molar-refractivity contribution is 5.88. The summed E-state index contributed by atoms with van der Waals surface area (Å²) in [7, 11) is 1.73. The van der Waals surface area contributed by atoms with Crippen LogP contribution in [0, 0.1) is 0 Å². The van der Waals surface area contributed by atoms with Crippen LogP contribution in [-0.4, -0.2) is 42.8 Å². The van der Waals surface area contributed by atoms with Crippen LogP contribution < -0.4 is 5.32 Å². The van der Waals surface area contributed by atoms with Crippen molar-refractivity contribution in [3.05, 3.63) is 0 Å². The van der Waals surface area contributed by atoms with Crippen molar-refractivity contribution in [3.8, 4) is 0 Å². The van der Waals surface area contributed by atoms with Crippen molar-refractivity contribution in [2.75, 3.05) is 20.3 Å². The fourth-order valence-corrected chi connectivity index (χ4v) is 2.68. The summed E-state index contributed by atoms with van der Waals surface area (Å²) in [6.45, 7) is 7.97. The second-order valence-corrected chi connectivity index (χ2v) is 5.69. The summed E-state index contributed by atoms with van der Waals surface area (Å²) >= 11 is 0. The summed E-state index contributed by atoms with van der Waals surface area (Å²) in [6.07, 6.45) is 6.49. The van der Waals surface area contributed by atoms with E-state index in [1.807, 2.05) is 6.92 Å². The van der Waals surface area contributed by atoms with Gasteiger partial charge in [-0.2, -0.15) is 0 Å². The number of hydrogen-bond acceptors (Lipinski definition) is 3. The van der Waals surface area contributed by atoms with Gasteiger partial charge in [-0.3, -0.25) is 10.1 Å². The van der Waals surface area contributed by atoms with Crippen LogP contribution in [0.3, 0.4) is 0 Å². The Hall–Kier alpha value is -0.610. The van der Waals surface area contributed by atoms with Gasteiger partial charge in [0.2, 0.25) is 5.91 Å². The van der Waals surface area contributed by atoms with E-state index in [4.69, 9.17) is 4.74 Å². The predicted molar refractivity (Wildman–Crippen MR) is 78.0 cm³/mol. The second-order valence-electron chi connectivity index (χ2n) is 5.69. The Morgan fingerprint density at radius 1 is 1.32 bits per heavy atom. The Balaban J connectivity index is 2.49. The van der Waals surface area contributed by atoms with E-state index in [-0.39, 0.29) is 17.6 Å². The highest BCUT2D eigenvalue weighted by Gasteiger charge is 2.45. The van der Waals surface area contributed by atoms with Crippen molar-refractivity contribution >= 4 is 5.91 Å². The Labute approximate surface area is 117 Å². The number of methoxy groups -OCH3 is 1. The molecule has 4 heteroatoms. The molecule has 0 radical (unpaired) electrons. The molecule has 1 aliphatic heterocycles. The lowest BCUT2D eigenvalue weighted by atomic mass is 9.99. The molecule has 1 rings (SSSR count). The third kappa shape index (κ3) is 4.18. The van der Waals surface area contributed by atoms with E-state index in [2.05, 4.69) is 24.1 Å². The maximum atomic E-state index is 12.5. The minimum atomic E-state index is -0.355. The molecule has 1 N–H and O–H groups in total. The first kappa shape index (κ1) is 16.4. The summed E-state index contributed by atoms with van der Waals surface area (Å²) < 4.78 is 5.05. The molecule has 4 nitrogen and oxygen atoms in total. The van der Waals surface area contributed by atoms with Gasteiger partial charge in [-0.1, -0.05) is 20.3 Å². The predicted octanol–water partition coefficient (Wildman–Crippen LogP) is 2.53. The van der Waals surface area contributed by atoms with Crippen LogP contribution in [0.1, 0.15) is 59.3 Å². The molecule has 0 aliphatic carbocycles. The number of hydrogen-bond donors (Lipinski definition) is 1. The van der Waals surface area contributed by atoms with E-state index >= 15 is 0 Å². The summed E-state index contributed by atoms with van der Waals surface area (Å²) in [4.78, 5) is 14.6. The van der Waals surface area contributed by atoms with Crippen LogP contribution in [0.15, 0.2) is 0 Å². The molecule has 0 bridgehead atoms. The van der Waals surface area contributed by atoms with Gasteiger partial charge in [0.05, 0.1) is 11.7 Å². The normalized spacial score (nSPS) is 27.3. The molecule has 2 atom stereocenters. The van der Waals surface area contributed by atoms with Crippen molar-refractivity contribution in [1.82, 2.24) is 10.2 Å². The zero-order valence-electron chi connectivity index (χ0n) is 13.0. The van der Waals surface area contributed by atoms with Gasteiger partial charge in [0.1, 0.15) is 0 Å². The lowest BCUT2D eigenvalue weighted by Gasteiger charge is -2.23. The van der Waals surface area contributed by atoms with Crippen LogP contribution in [0.5, 0.6) is 0 Å². The zero-order valence-corrected chi connectivity index (χ0v) is 13.0. The molecule has 19 heavy (non-hydrogen) atoms. The Bertz CT molecular complexity index is 283. The number of nitrogens with zero attached hydrogens (tertiary/aromatic N) is 1. The van der Waals surface area contributed by atoms with Crippen LogP contribution in [0.25, 0.3) is 0 Å². The molecule has 0 aromatic heterocycles. The number of carbonyl (C=O) groups excluding carboxylic acids is 1. The topological polar surface area (TPSA) is 41.6 Å². The fraction of sp³-hybridized carbons (Fsp3) is 0.933. The van der Waals surface area contributed by atoms with Gasteiger partial charge in [-0.25, -0.2) is 0 Å². The van der Waals surface area contributed by atoms with Gasteiger partial charge in [0.15, 0.2) is 0 Å². The van der Waals surface area contributed by atoms with Crippen LogP contribution in [0.4, 0.5) is 0 Å². The van der Waals surface area contributed by atoms with Crippen molar-refractivity contribution in [2.45, 2.75) is 71.0 Å². The van der Waals surface area contributed by atoms with E-state index in [0.29, 0.717) is 0 Å². The van der Waals surface area contributed by atoms with E-state index in [1.165, 1.54) is 0 Å². The monoisotopic (exact) mass is 270 g/mol. The SMILES string of the molecule is CCCC1NC(C)(CC)C(=O)N1CCCCCOC. The standard InChI is InChI=1S/C15H30N2O2/c1-5-10-13-16-15(3,6-2)14(18)17(13)11-8-7-9-12-19-4/h13,16H,5-12H2,1-4H3. The van der Waals surface area contributed by atoms with Gasteiger partial charge in [0, 0.05) is 20.3 Å². The van der Waals surface area contributed by atoms with Gasteiger partial charge < -0.3 is 9.64 Å². The molecule has 1 aliphatic rings. The molecule has 112 valence electrons. The largest absolute Gasteiger partial charge is 0.385 e. The maximum Gasteiger partial charge on any atom is 0.243 e. The first-order chi connectivity index (χ1) is 9.09. The first-order valence-electron chi connectivity index (χ1n) is 7.66. The molecule has 0 saturated carbocycles. The van der Waals surface area contributed by atoms with Crippen molar-refractivity contribution in [2.24, 2.45) is 0 Å². The van der Waals surface area contributed by atoms with Gasteiger partial charge in [-0.15, -0.1) is 0 Å². The van der Waals surface area contributed by atoms with E-state index in [9.17, 15) is 4.79 Å². The number of nitrogens with one attached hydrogen (secondary N) is 1. The molecule has 2 unspecified atom stereocenters. The average Bonchev–Trinajstić information content (AvgIpc) is 2.64. The molecular weight excluding hydrogens is 240 g/mol. The van der Waals surface area contributed by atoms with E-state index in [1.54, 1.807) is 7.11 Å². The van der Waals surface area contributed by atoms with E-state index < -0.39 is 0 Å². The van der Waals surface area contributed by atoms with Crippen LogP contribution in [0.2, 0.25) is 0 Å². The van der Waals surface area contributed by atoms with Gasteiger partial charge in [-0.05, 0) is 39.0 Å². The molecule has 1 heterocycles. The molecule has 1 fully saturated rings. The van der Waals surface area contributed by atoms with Crippen LogP contribution >= 0.6 is 0 Å². The minimum absolute atomic E-state index is 0.227. The molecular formula is C15H30N2O2. The van der Waals surface area contributed by atoms with Crippen molar-refractivity contribution < 1.29 is 9.53 Å². The lowest BCUT2D eigenvalue weighted by molar-refractivity contribution is -0.133. The Kier molecular flexibility index (Phi) is 6.80. The summed E-state index contributed by atoms with van der Waals surface area (Å²) in [6, 6.07) is 0. The van der Waals surface area contributed by atoms with Crippen LogP contribution in [-0.2, 0) is 9.53 Å². The number of amides is 1. The summed E-state index contributed by atoms with van der Waals surface area (Å²) in [5.74, 6) is 0.278. The van der Waals surface area contributed by atoms with E-state index in [0.717, 1.165) is 51.7 Å². The summed E-state index contributed by atoms with van der Waals surface area (Å²) in [5, 5.41) is 3.52. The molecule has 0 aromatic rings. The van der Waals surface area contributed by atoms with Crippen molar-refractivity contribution in [1.29, 1.82) is 0 Å².